The summed E-state index contributed by atoms with van der Waals surface area (Å²) in [5, 5.41) is 3.32. The molecule has 0 unspecified atom stereocenters. The van der Waals surface area contributed by atoms with Crippen molar-refractivity contribution < 1.29 is 0 Å². The minimum atomic E-state index is 0.823. The molecule has 74 valence electrons. The quantitative estimate of drug-likeness (QED) is 0.643. The Morgan fingerprint density at radius 1 is 1.25 bits per heavy atom. The Kier molecular flexibility index (Phi) is 8.88. The lowest BCUT2D eigenvalue weighted by Crippen LogP contribution is -2.44. The third kappa shape index (κ3) is 5.52. The van der Waals surface area contributed by atoms with Gasteiger partial charge in [0, 0.05) is 26.2 Å². The van der Waals surface area contributed by atoms with Crippen LogP contribution in [0.15, 0.2) is 0 Å². The van der Waals surface area contributed by atoms with Gasteiger partial charge in [-0.25, -0.2) is 0 Å². The van der Waals surface area contributed by atoms with E-state index in [1.165, 1.54) is 19.6 Å². The summed E-state index contributed by atoms with van der Waals surface area (Å²) >= 11 is 0. The van der Waals surface area contributed by atoms with E-state index in [-0.39, 0.29) is 0 Å². The number of nitrogens with one attached hydrogen (secondary N) is 1. The van der Waals surface area contributed by atoms with E-state index >= 15 is 0 Å². The second kappa shape index (κ2) is 8.97. The first-order chi connectivity index (χ1) is 5.93. The number of nitrogens with zero attached hydrogens (tertiary/aromatic N) is 1. The van der Waals surface area contributed by atoms with E-state index in [1.807, 2.05) is 13.8 Å². The number of hydrogen-bond donors (Lipinski definition) is 2. The molecule has 0 amide bonds. The van der Waals surface area contributed by atoms with Gasteiger partial charge in [-0.15, -0.1) is 0 Å². The third-order valence-electron chi connectivity index (χ3n) is 1.89. The van der Waals surface area contributed by atoms with Crippen molar-refractivity contribution in [1.82, 2.24) is 10.2 Å². The number of nitrogens with two attached hydrogens (primary N) is 1. The Balaban J connectivity index is 0.000000561. The first-order valence-electron chi connectivity index (χ1n) is 5.06. The fourth-order valence-corrected chi connectivity index (χ4v) is 1.25. The Bertz CT molecular complexity index is 79.8. The highest BCUT2D eigenvalue weighted by atomic mass is 15.2. The van der Waals surface area contributed by atoms with Crippen LogP contribution < -0.4 is 11.1 Å². The SMILES string of the molecule is CC.NCCCN1CCNCC1. The maximum absolute atomic E-state index is 5.40. The summed E-state index contributed by atoms with van der Waals surface area (Å²) in [5.74, 6) is 0. The van der Waals surface area contributed by atoms with Gasteiger partial charge in [0.05, 0.1) is 0 Å². The lowest BCUT2D eigenvalue weighted by molar-refractivity contribution is 0.240. The van der Waals surface area contributed by atoms with Crippen LogP contribution in [0.5, 0.6) is 0 Å². The molecule has 0 aromatic heterocycles. The smallest absolute Gasteiger partial charge is 0.0107 e. The number of piperazine rings is 1. The van der Waals surface area contributed by atoms with E-state index in [9.17, 15) is 0 Å². The highest BCUT2D eigenvalue weighted by molar-refractivity contribution is 4.66. The Hall–Kier alpha value is -0.120. The minimum Gasteiger partial charge on any atom is -0.330 e. The highest BCUT2D eigenvalue weighted by Gasteiger charge is 2.06. The van der Waals surface area contributed by atoms with Crippen LogP contribution in [-0.2, 0) is 0 Å². The van der Waals surface area contributed by atoms with Crippen LogP contribution in [0.4, 0.5) is 0 Å². The Labute approximate surface area is 76.3 Å². The molecule has 1 heterocycles. The predicted octanol–water partition coefficient (Wildman–Crippen LogP) is 0.267. The van der Waals surface area contributed by atoms with Crippen molar-refractivity contribution in [3.63, 3.8) is 0 Å². The molecular formula is C9H23N3. The molecule has 1 fully saturated rings. The second-order valence-corrected chi connectivity index (χ2v) is 2.73. The van der Waals surface area contributed by atoms with Crippen LogP contribution in [0, 0.1) is 0 Å². The number of rotatable bonds is 3. The normalized spacial score (nSPS) is 18.2. The highest BCUT2D eigenvalue weighted by Crippen LogP contribution is 1.92. The van der Waals surface area contributed by atoms with E-state index in [2.05, 4.69) is 10.2 Å². The molecule has 1 saturated heterocycles. The summed E-state index contributed by atoms with van der Waals surface area (Å²) in [5.41, 5.74) is 5.40. The van der Waals surface area contributed by atoms with Crippen LogP contribution in [0.3, 0.4) is 0 Å². The average Bonchev–Trinajstić information content (AvgIpc) is 2.19. The molecule has 0 aromatic carbocycles. The van der Waals surface area contributed by atoms with Crippen molar-refractivity contribution in [3.05, 3.63) is 0 Å². The summed E-state index contributed by atoms with van der Waals surface area (Å²) in [6, 6.07) is 0. The average molecular weight is 173 g/mol. The molecule has 0 aliphatic carbocycles. The molecule has 0 radical (unpaired) electrons. The summed E-state index contributed by atoms with van der Waals surface area (Å²) in [6.07, 6.45) is 1.14. The molecule has 3 nitrogen and oxygen atoms in total. The van der Waals surface area contributed by atoms with Crippen molar-refractivity contribution in [1.29, 1.82) is 0 Å². The largest absolute Gasteiger partial charge is 0.330 e. The molecule has 1 rings (SSSR count). The van der Waals surface area contributed by atoms with Gasteiger partial charge in [-0.3, -0.25) is 0 Å². The molecule has 1 aliphatic heterocycles. The zero-order valence-corrected chi connectivity index (χ0v) is 8.47. The zero-order valence-electron chi connectivity index (χ0n) is 8.47. The lowest BCUT2D eigenvalue weighted by atomic mass is 10.3. The second-order valence-electron chi connectivity index (χ2n) is 2.73. The van der Waals surface area contributed by atoms with E-state index in [4.69, 9.17) is 5.73 Å². The van der Waals surface area contributed by atoms with Gasteiger partial charge in [0.2, 0.25) is 0 Å². The van der Waals surface area contributed by atoms with Crippen molar-refractivity contribution in [3.8, 4) is 0 Å². The molecule has 0 saturated carbocycles. The Morgan fingerprint density at radius 3 is 2.33 bits per heavy atom. The van der Waals surface area contributed by atoms with Crippen LogP contribution in [0.25, 0.3) is 0 Å². The summed E-state index contributed by atoms with van der Waals surface area (Å²) in [6.45, 7) is 10.7. The molecule has 1 aliphatic rings. The lowest BCUT2D eigenvalue weighted by Gasteiger charge is -2.26. The minimum absolute atomic E-state index is 0.823. The van der Waals surface area contributed by atoms with Crippen molar-refractivity contribution in [2.24, 2.45) is 5.73 Å². The van der Waals surface area contributed by atoms with E-state index in [0.29, 0.717) is 0 Å². The third-order valence-corrected chi connectivity index (χ3v) is 1.89. The van der Waals surface area contributed by atoms with Gasteiger partial charge in [-0.1, -0.05) is 13.8 Å². The van der Waals surface area contributed by atoms with Crippen LogP contribution in [-0.4, -0.2) is 44.2 Å². The maximum atomic E-state index is 5.40. The van der Waals surface area contributed by atoms with Gasteiger partial charge < -0.3 is 16.0 Å². The molecule has 3 heteroatoms. The molecular weight excluding hydrogens is 150 g/mol. The molecule has 12 heavy (non-hydrogen) atoms. The maximum Gasteiger partial charge on any atom is 0.0107 e. The van der Waals surface area contributed by atoms with Gasteiger partial charge in [-0.05, 0) is 19.5 Å². The number of hydrogen-bond acceptors (Lipinski definition) is 3. The first-order valence-corrected chi connectivity index (χ1v) is 5.06. The molecule has 0 aromatic rings. The summed E-state index contributed by atoms with van der Waals surface area (Å²) in [7, 11) is 0. The zero-order chi connectivity index (χ0) is 9.23. The van der Waals surface area contributed by atoms with Gasteiger partial charge in [0.25, 0.3) is 0 Å². The predicted molar refractivity (Wildman–Crippen MR) is 54.3 cm³/mol. The molecule has 0 bridgehead atoms. The van der Waals surface area contributed by atoms with Crippen molar-refractivity contribution in [2.45, 2.75) is 20.3 Å². The van der Waals surface area contributed by atoms with Gasteiger partial charge >= 0.3 is 0 Å². The van der Waals surface area contributed by atoms with E-state index < -0.39 is 0 Å². The van der Waals surface area contributed by atoms with Crippen molar-refractivity contribution in [2.75, 3.05) is 39.3 Å². The summed E-state index contributed by atoms with van der Waals surface area (Å²) < 4.78 is 0. The summed E-state index contributed by atoms with van der Waals surface area (Å²) in [4.78, 5) is 2.46. The molecule has 3 N–H and O–H groups in total. The van der Waals surface area contributed by atoms with Crippen LogP contribution >= 0.6 is 0 Å². The van der Waals surface area contributed by atoms with Gasteiger partial charge in [0.15, 0.2) is 0 Å². The monoisotopic (exact) mass is 173 g/mol. The van der Waals surface area contributed by atoms with Gasteiger partial charge in [0.1, 0.15) is 0 Å². The fraction of sp³-hybridized carbons (Fsp3) is 1.00. The topological polar surface area (TPSA) is 41.3 Å². The molecule has 0 spiro atoms. The first kappa shape index (κ1) is 11.9. The van der Waals surface area contributed by atoms with E-state index in [1.54, 1.807) is 0 Å². The Morgan fingerprint density at radius 2 is 1.83 bits per heavy atom. The molecule has 0 atom stereocenters. The standard InChI is InChI=1S/C7H17N3.C2H6/c8-2-1-5-10-6-3-9-4-7-10;1-2/h9H,1-8H2;1-2H3. The van der Waals surface area contributed by atoms with Crippen LogP contribution in [0.1, 0.15) is 20.3 Å². The fourth-order valence-electron chi connectivity index (χ4n) is 1.25. The van der Waals surface area contributed by atoms with E-state index in [0.717, 1.165) is 26.1 Å². The van der Waals surface area contributed by atoms with Gasteiger partial charge in [-0.2, -0.15) is 0 Å². The van der Waals surface area contributed by atoms with Crippen LogP contribution in [0.2, 0.25) is 0 Å². The van der Waals surface area contributed by atoms with Crippen molar-refractivity contribution >= 4 is 0 Å².